The first-order valence-corrected chi connectivity index (χ1v) is 6.11. The van der Waals surface area contributed by atoms with E-state index >= 15 is 0 Å². The van der Waals surface area contributed by atoms with E-state index in [0.717, 1.165) is 17.3 Å². The minimum atomic E-state index is -0.997. The van der Waals surface area contributed by atoms with Crippen LogP contribution in [0.5, 0.6) is 5.75 Å². The smallest absolute Gasteiger partial charge is 0.328 e. The van der Waals surface area contributed by atoms with Gasteiger partial charge in [0, 0.05) is 17.7 Å². The van der Waals surface area contributed by atoms with E-state index in [0.29, 0.717) is 17.1 Å². The third-order valence-electron chi connectivity index (χ3n) is 2.62. The fourth-order valence-electron chi connectivity index (χ4n) is 1.72. The van der Waals surface area contributed by atoms with E-state index in [-0.39, 0.29) is 6.61 Å². The van der Waals surface area contributed by atoms with Crippen LogP contribution in [0.3, 0.4) is 0 Å². The van der Waals surface area contributed by atoms with Crippen molar-refractivity contribution in [1.29, 1.82) is 0 Å². The third-order valence-corrected chi connectivity index (χ3v) is 2.62. The molecule has 5 nitrogen and oxygen atoms in total. The van der Waals surface area contributed by atoms with Crippen molar-refractivity contribution in [3.63, 3.8) is 0 Å². The maximum absolute atomic E-state index is 10.6. The molecular weight excluding hydrogens is 258 g/mol. The minimum absolute atomic E-state index is 0.248. The van der Waals surface area contributed by atoms with Crippen LogP contribution in [-0.2, 0) is 11.4 Å². The molecule has 0 bridgehead atoms. The van der Waals surface area contributed by atoms with Crippen molar-refractivity contribution in [2.75, 3.05) is 0 Å². The Hall–Kier alpha value is -2.56. The lowest BCUT2D eigenvalue weighted by Gasteiger charge is -2.08. The van der Waals surface area contributed by atoms with Gasteiger partial charge in [0.25, 0.3) is 0 Å². The van der Waals surface area contributed by atoms with Gasteiger partial charge in [0.05, 0.1) is 5.69 Å². The van der Waals surface area contributed by atoms with Crippen molar-refractivity contribution < 1.29 is 19.2 Å². The first-order valence-electron chi connectivity index (χ1n) is 6.11. The number of hydrogen-bond donors (Lipinski definition) is 1. The second-order valence-corrected chi connectivity index (χ2v) is 4.44. The number of nitrogens with zero attached hydrogens (tertiary/aromatic N) is 1. The molecule has 1 aromatic heterocycles. The highest BCUT2D eigenvalue weighted by atomic mass is 16.5. The number of hydrogen-bond acceptors (Lipinski definition) is 4. The molecule has 1 N–H and O–H groups in total. The molecular formula is C15H15NO4. The van der Waals surface area contributed by atoms with E-state index in [2.05, 4.69) is 5.16 Å². The Morgan fingerprint density at radius 3 is 2.85 bits per heavy atom. The molecule has 5 heteroatoms. The average molecular weight is 273 g/mol. The van der Waals surface area contributed by atoms with Crippen LogP contribution in [0.2, 0.25) is 0 Å². The highest BCUT2D eigenvalue weighted by Gasteiger charge is 2.05. The lowest BCUT2D eigenvalue weighted by molar-refractivity contribution is -0.131. The summed E-state index contributed by atoms with van der Waals surface area (Å²) in [6, 6.07) is 7.36. The second kappa shape index (κ2) is 6.06. The number of carbonyl (C=O) groups is 1. The lowest BCUT2D eigenvalue weighted by Crippen LogP contribution is -1.96. The Kier molecular flexibility index (Phi) is 4.20. The Bertz CT molecular complexity index is 643. The van der Waals surface area contributed by atoms with Gasteiger partial charge in [-0.15, -0.1) is 0 Å². The summed E-state index contributed by atoms with van der Waals surface area (Å²) >= 11 is 0. The van der Waals surface area contributed by atoms with E-state index in [1.165, 1.54) is 6.08 Å². The topological polar surface area (TPSA) is 72.6 Å². The zero-order valence-electron chi connectivity index (χ0n) is 11.3. The number of aromatic nitrogens is 1. The molecule has 104 valence electrons. The Labute approximate surface area is 116 Å². The summed E-state index contributed by atoms with van der Waals surface area (Å²) in [7, 11) is 0. The van der Waals surface area contributed by atoms with Crippen LogP contribution in [-0.4, -0.2) is 16.2 Å². The van der Waals surface area contributed by atoms with Crippen LogP contribution in [0.15, 0.2) is 34.9 Å². The van der Waals surface area contributed by atoms with Gasteiger partial charge >= 0.3 is 5.97 Å². The van der Waals surface area contributed by atoms with Gasteiger partial charge in [0.2, 0.25) is 0 Å². The number of carboxylic acid groups (broad SMARTS) is 1. The van der Waals surface area contributed by atoms with Gasteiger partial charge in [0.15, 0.2) is 5.76 Å². The molecule has 0 aliphatic carbocycles. The van der Waals surface area contributed by atoms with Gasteiger partial charge in [-0.05, 0) is 32.1 Å². The number of aliphatic carboxylic acids is 1. The van der Waals surface area contributed by atoms with E-state index in [4.69, 9.17) is 14.4 Å². The van der Waals surface area contributed by atoms with Crippen LogP contribution >= 0.6 is 0 Å². The largest absolute Gasteiger partial charge is 0.485 e. The van der Waals surface area contributed by atoms with Crippen LogP contribution in [0, 0.1) is 13.8 Å². The summed E-state index contributed by atoms with van der Waals surface area (Å²) in [6.45, 7) is 4.01. The molecule has 0 atom stereocenters. The summed E-state index contributed by atoms with van der Waals surface area (Å²) in [5, 5.41) is 12.5. The van der Waals surface area contributed by atoms with Crippen LogP contribution in [0.4, 0.5) is 0 Å². The lowest BCUT2D eigenvalue weighted by atomic mass is 10.1. The van der Waals surface area contributed by atoms with Crippen molar-refractivity contribution >= 4 is 12.0 Å². The number of rotatable bonds is 5. The van der Waals surface area contributed by atoms with Crippen molar-refractivity contribution in [2.45, 2.75) is 20.5 Å². The molecule has 0 aliphatic heterocycles. The standard InChI is InChI=1S/C15H15NO4/c1-10-3-5-14(12(7-10)4-6-15(17)18)19-9-13-8-11(2)16-20-13/h3-8H,9H2,1-2H3,(H,17,18). The van der Waals surface area contributed by atoms with Gasteiger partial charge in [-0.2, -0.15) is 0 Å². The maximum atomic E-state index is 10.6. The molecule has 0 saturated heterocycles. The Balaban J connectivity index is 2.15. The molecule has 0 unspecified atom stereocenters. The summed E-state index contributed by atoms with van der Waals surface area (Å²) < 4.78 is 10.7. The number of carboxylic acids is 1. The first kappa shape index (κ1) is 13.9. The van der Waals surface area contributed by atoms with Gasteiger partial charge in [-0.25, -0.2) is 4.79 Å². The monoisotopic (exact) mass is 273 g/mol. The van der Waals surface area contributed by atoms with Crippen molar-refractivity contribution in [1.82, 2.24) is 5.16 Å². The molecule has 0 amide bonds. The summed E-state index contributed by atoms with van der Waals surface area (Å²) in [5.74, 6) is 0.224. The SMILES string of the molecule is Cc1ccc(OCc2cc(C)no2)c(C=CC(=O)O)c1. The molecule has 2 rings (SSSR count). The Morgan fingerprint density at radius 2 is 2.20 bits per heavy atom. The zero-order chi connectivity index (χ0) is 14.5. The highest BCUT2D eigenvalue weighted by Crippen LogP contribution is 2.22. The van der Waals surface area contributed by atoms with Crippen molar-refractivity contribution in [2.24, 2.45) is 0 Å². The molecule has 0 spiro atoms. The number of benzene rings is 1. The van der Waals surface area contributed by atoms with E-state index in [1.807, 2.05) is 26.0 Å². The molecule has 20 heavy (non-hydrogen) atoms. The van der Waals surface area contributed by atoms with Gasteiger partial charge in [-0.3, -0.25) is 0 Å². The molecule has 0 saturated carbocycles. The quantitative estimate of drug-likeness (QED) is 0.848. The van der Waals surface area contributed by atoms with Crippen LogP contribution in [0.25, 0.3) is 6.08 Å². The second-order valence-electron chi connectivity index (χ2n) is 4.44. The predicted octanol–water partition coefficient (Wildman–Crippen LogP) is 2.97. The summed E-state index contributed by atoms with van der Waals surface area (Å²) in [4.78, 5) is 10.6. The van der Waals surface area contributed by atoms with E-state index < -0.39 is 5.97 Å². The zero-order valence-corrected chi connectivity index (χ0v) is 11.3. The van der Waals surface area contributed by atoms with Gasteiger partial charge in [0.1, 0.15) is 12.4 Å². The van der Waals surface area contributed by atoms with E-state index in [1.54, 1.807) is 12.1 Å². The fraction of sp³-hybridized carbons (Fsp3) is 0.200. The van der Waals surface area contributed by atoms with Crippen molar-refractivity contribution in [3.05, 3.63) is 52.9 Å². The Morgan fingerprint density at radius 1 is 1.40 bits per heavy atom. The first-order chi connectivity index (χ1) is 9.54. The van der Waals surface area contributed by atoms with Gasteiger partial charge in [-0.1, -0.05) is 16.8 Å². The maximum Gasteiger partial charge on any atom is 0.328 e. The number of aryl methyl sites for hydroxylation is 2. The fourth-order valence-corrected chi connectivity index (χ4v) is 1.72. The van der Waals surface area contributed by atoms with Crippen molar-refractivity contribution in [3.8, 4) is 5.75 Å². The molecule has 1 aromatic carbocycles. The summed E-state index contributed by atoms with van der Waals surface area (Å²) in [5.41, 5.74) is 2.53. The summed E-state index contributed by atoms with van der Waals surface area (Å²) in [6.07, 6.45) is 2.59. The minimum Gasteiger partial charge on any atom is -0.485 e. The molecule has 0 fully saturated rings. The van der Waals surface area contributed by atoms with Crippen LogP contribution in [0.1, 0.15) is 22.6 Å². The predicted molar refractivity (Wildman–Crippen MR) is 73.4 cm³/mol. The van der Waals surface area contributed by atoms with Gasteiger partial charge < -0.3 is 14.4 Å². The molecule has 1 heterocycles. The van der Waals surface area contributed by atoms with E-state index in [9.17, 15) is 4.79 Å². The molecule has 2 aromatic rings. The average Bonchev–Trinajstić information content (AvgIpc) is 2.81. The molecule has 0 aliphatic rings. The number of ether oxygens (including phenoxy) is 1. The van der Waals surface area contributed by atoms with Crippen LogP contribution < -0.4 is 4.74 Å². The third kappa shape index (κ3) is 3.71. The highest BCUT2D eigenvalue weighted by molar-refractivity contribution is 5.85. The molecule has 0 radical (unpaired) electrons. The normalized spacial score (nSPS) is 10.9.